The van der Waals surface area contributed by atoms with Crippen LogP contribution in [0.3, 0.4) is 0 Å². The van der Waals surface area contributed by atoms with E-state index in [1.165, 1.54) is 6.07 Å². The number of hydrogen-bond donors (Lipinski definition) is 3. The summed E-state index contributed by atoms with van der Waals surface area (Å²) in [6.07, 6.45) is 0.956. The molecule has 108 valence electrons. The summed E-state index contributed by atoms with van der Waals surface area (Å²) >= 11 is 6.45. The monoisotopic (exact) mass is 414 g/mol. The van der Waals surface area contributed by atoms with E-state index in [0.29, 0.717) is 21.8 Å². The molecule has 1 aromatic carbocycles. The van der Waals surface area contributed by atoms with Crippen LogP contribution in [0.25, 0.3) is 0 Å². The van der Waals surface area contributed by atoms with E-state index < -0.39 is 10.0 Å². The van der Waals surface area contributed by atoms with E-state index in [2.05, 4.69) is 36.6 Å². The highest BCUT2D eigenvalue weighted by Crippen LogP contribution is 2.31. The number of anilines is 1. The summed E-state index contributed by atoms with van der Waals surface area (Å²) < 4.78 is 28.3. The van der Waals surface area contributed by atoms with Crippen molar-refractivity contribution < 1.29 is 13.5 Å². The fourth-order valence-corrected chi connectivity index (χ4v) is 5.07. The van der Waals surface area contributed by atoms with Crippen LogP contribution in [0.15, 0.2) is 26.0 Å². The average Bonchev–Trinajstić information content (AvgIpc) is 2.25. The standard InChI is InChI=1S/C11H16Br2N2O3S/c1-2-8(3-4-16)15-19(17,18)11-9(13)5-7(12)6-10(11)14/h5-6,8,15-16H,2-4,14H2,1H3. The van der Waals surface area contributed by atoms with Crippen molar-refractivity contribution in [2.45, 2.75) is 30.7 Å². The van der Waals surface area contributed by atoms with Gasteiger partial charge in [0.1, 0.15) is 4.90 Å². The molecule has 0 spiro atoms. The first kappa shape index (κ1) is 16.9. The second-order valence-electron chi connectivity index (χ2n) is 4.04. The molecular formula is C11H16Br2N2O3S. The lowest BCUT2D eigenvalue weighted by atomic mass is 10.2. The second kappa shape index (κ2) is 7.03. The number of nitrogen functional groups attached to an aromatic ring is 1. The highest BCUT2D eigenvalue weighted by Gasteiger charge is 2.24. The SMILES string of the molecule is CCC(CCO)NS(=O)(=O)c1c(N)cc(Br)cc1Br. The van der Waals surface area contributed by atoms with Crippen LogP contribution in [-0.2, 0) is 10.0 Å². The van der Waals surface area contributed by atoms with Gasteiger partial charge in [0.15, 0.2) is 0 Å². The highest BCUT2D eigenvalue weighted by molar-refractivity contribution is 9.11. The first-order valence-electron chi connectivity index (χ1n) is 5.69. The lowest BCUT2D eigenvalue weighted by Crippen LogP contribution is -2.35. The first-order chi connectivity index (χ1) is 8.81. The topological polar surface area (TPSA) is 92.4 Å². The summed E-state index contributed by atoms with van der Waals surface area (Å²) in [5.74, 6) is 0. The van der Waals surface area contributed by atoms with Gasteiger partial charge in [-0.15, -0.1) is 0 Å². The van der Waals surface area contributed by atoms with Gasteiger partial charge in [0, 0.05) is 21.6 Å². The summed E-state index contributed by atoms with van der Waals surface area (Å²) in [6, 6.07) is 2.84. The Labute approximate surface area is 129 Å². The summed E-state index contributed by atoms with van der Waals surface area (Å²) in [5.41, 5.74) is 5.93. The van der Waals surface area contributed by atoms with E-state index in [4.69, 9.17) is 10.8 Å². The molecule has 0 aliphatic rings. The van der Waals surface area contributed by atoms with Crippen molar-refractivity contribution in [3.63, 3.8) is 0 Å². The molecule has 0 saturated heterocycles. The van der Waals surface area contributed by atoms with E-state index in [0.717, 1.165) is 0 Å². The van der Waals surface area contributed by atoms with Gasteiger partial charge in [-0.3, -0.25) is 0 Å². The average molecular weight is 416 g/mol. The zero-order chi connectivity index (χ0) is 14.6. The number of benzene rings is 1. The maximum absolute atomic E-state index is 12.3. The van der Waals surface area contributed by atoms with E-state index in [1.807, 2.05) is 6.92 Å². The summed E-state index contributed by atoms with van der Waals surface area (Å²) in [5, 5.41) is 8.91. The van der Waals surface area contributed by atoms with Crippen molar-refractivity contribution in [3.8, 4) is 0 Å². The Morgan fingerprint density at radius 3 is 2.53 bits per heavy atom. The zero-order valence-electron chi connectivity index (χ0n) is 10.4. The van der Waals surface area contributed by atoms with Gasteiger partial charge in [0.2, 0.25) is 10.0 Å². The molecule has 0 bridgehead atoms. The number of nitrogens with two attached hydrogens (primary N) is 1. The Morgan fingerprint density at radius 1 is 1.42 bits per heavy atom. The molecule has 0 amide bonds. The maximum Gasteiger partial charge on any atom is 0.243 e. The van der Waals surface area contributed by atoms with E-state index in [1.54, 1.807) is 6.07 Å². The Kier molecular flexibility index (Phi) is 6.25. The lowest BCUT2D eigenvalue weighted by Gasteiger charge is -2.17. The minimum atomic E-state index is -3.73. The van der Waals surface area contributed by atoms with Crippen molar-refractivity contribution in [1.82, 2.24) is 4.72 Å². The van der Waals surface area contributed by atoms with Gasteiger partial charge in [-0.2, -0.15) is 0 Å². The van der Waals surface area contributed by atoms with Gasteiger partial charge in [0.25, 0.3) is 0 Å². The predicted octanol–water partition coefficient (Wildman–Crippen LogP) is 2.23. The minimum Gasteiger partial charge on any atom is -0.398 e. The highest BCUT2D eigenvalue weighted by atomic mass is 79.9. The first-order valence-corrected chi connectivity index (χ1v) is 8.76. The fourth-order valence-electron chi connectivity index (χ4n) is 1.64. The molecule has 0 aromatic heterocycles. The van der Waals surface area contributed by atoms with Gasteiger partial charge >= 0.3 is 0 Å². The third kappa shape index (κ3) is 4.42. The smallest absolute Gasteiger partial charge is 0.243 e. The molecule has 1 aromatic rings. The van der Waals surface area contributed by atoms with Crippen molar-refractivity contribution in [3.05, 3.63) is 21.1 Å². The van der Waals surface area contributed by atoms with E-state index >= 15 is 0 Å². The van der Waals surface area contributed by atoms with Crippen molar-refractivity contribution in [1.29, 1.82) is 0 Å². The Morgan fingerprint density at radius 2 is 2.05 bits per heavy atom. The summed E-state index contributed by atoms with van der Waals surface area (Å²) in [6.45, 7) is 1.78. The van der Waals surface area contributed by atoms with Gasteiger partial charge < -0.3 is 10.8 Å². The molecule has 0 saturated carbocycles. The van der Waals surface area contributed by atoms with Crippen LogP contribution >= 0.6 is 31.9 Å². The zero-order valence-corrected chi connectivity index (χ0v) is 14.3. The summed E-state index contributed by atoms with van der Waals surface area (Å²) in [7, 11) is -3.73. The number of hydrogen-bond acceptors (Lipinski definition) is 4. The number of sulfonamides is 1. The summed E-state index contributed by atoms with van der Waals surface area (Å²) in [4.78, 5) is 0.0205. The Balaban J connectivity index is 3.14. The van der Waals surface area contributed by atoms with Crippen LogP contribution < -0.4 is 10.5 Å². The normalized spacial score (nSPS) is 13.5. The molecule has 4 N–H and O–H groups in total. The van der Waals surface area contributed by atoms with Crippen LogP contribution in [0.2, 0.25) is 0 Å². The van der Waals surface area contributed by atoms with Gasteiger partial charge in [0.05, 0.1) is 5.69 Å². The Bertz CT molecular complexity index is 526. The lowest BCUT2D eigenvalue weighted by molar-refractivity contribution is 0.270. The third-order valence-corrected chi connectivity index (χ3v) is 5.58. The van der Waals surface area contributed by atoms with Crippen molar-refractivity contribution >= 4 is 47.6 Å². The van der Waals surface area contributed by atoms with Crippen LogP contribution in [0.5, 0.6) is 0 Å². The second-order valence-corrected chi connectivity index (χ2v) is 7.47. The third-order valence-electron chi connectivity index (χ3n) is 2.60. The number of nitrogens with one attached hydrogen (secondary N) is 1. The molecule has 1 atom stereocenters. The molecule has 1 rings (SSSR count). The van der Waals surface area contributed by atoms with Crippen molar-refractivity contribution in [2.24, 2.45) is 0 Å². The molecule has 5 nitrogen and oxygen atoms in total. The van der Waals surface area contributed by atoms with Crippen molar-refractivity contribution in [2.75, 3.05) is 12.3 Å². The number of halogens is 2. The van der Waals surface area contributed by atoms with Gasteiger partial charge in [-0.05, 0) is 40.9 Å². The van der Waals surface area contributed by atoms with Gasteiger partial charge in [-0.25, -0.2) is 13.1 Å². The largest absolute Gasteiger partial charge is 0.398 e. The Hall–Kier alpha value is -0.150. The molecule has 1 unspecified atom stereocenters. The van der Waals surface area contributed by atoms with E-state index in [-0.39, 0.29) is 23.2 Å². The number of rotatable bonds is 6. The minimum absolute atomic E-state index is 0.0205. The van der Waals surface area contributed by atoms with Crippen LogP contribution in [0.1, 0.15) is 19.8 Å². The maximum atomic E-state index is 12.3. The molecule has 0 radical (unpaired) electrons. The van der Waals surface area contributed by atoms with E-state index in [9.17, 15) is 8.42 Å². The number of aliphatic hydroxyl groups excluding tert-OH is 1. The molecular weight excluding hydrogens is 400 g/mol. The quantitative estimate of drug-likeness (QED) is 0.621. The molecule has 0 aliphatic carbocycles. The van der Waals surface area contributed by atoms with Crippen LogP contribution in [0.4, 0.5) is 5.69 Å². The molecule has 8 heteroatoms. The van der Waals surface area contributed by atoms with Crippen LogP contribution in [-0.4, -0.2) is 26.2 Å². The molecule has 0 fully saturated rings. The fraction of sp³-hybridized carbons (Fsp3) is 0.455. The number of aliphatic hydroxyl groups is 1. The molecule has 0 aliphatic heterocycles. The predicted molar refractivity (Wildman–Crippen MR) is 82.4 cm³/mol. The van der Waals surface area contributed by atoms with Gasteiger partial charge in [-0.1, -0.05) is 22.9 Å². The molecule has 19 heavy (non-hydrogen) atoms. The molecule has 0 heterocycles. The van der Waals surface area contributed by atoms with Crippen LogP contribution in [0, 0.1) is 0 Å².